The molecule has 0 heterocycles. The van der Waals surface area contributed by atoms with Gasteiger partial charge in [-0.1, -0.05) is 0 Å². The second-order valence-electron chi connectivity index (χ2n) is 0.570. The van der Waals surface area contributed by atoms with Crippen molar-refractivity contribution in [3.63, 3.8) is 0 Å². The second kappa shape index (κ2) is 15.7. The Labute approximate surface area is 70.2 Å². The van der Waals surface area contributed by atoms with Crippen LogP contribution in [0.5, 0.6) is 0 Å². The third kappa shape index (κ3) is 1000. The Morgan fingerprint density at radius 3 is 1.38 bits per heavy atom. The first kappa shape index (κ1) is 15.8. The Morgan fingerprint density at radius 2 is 1.38 bits per heavy atom. The van der Waals surface area contributed by atoms with Gasteiger partial charge in [0, 0.05) is 6.92 Å². The average molecular weight is 127 g/mol. The van der Waals surface area contributed by atoms with E-state index in [0.29, 0.717) is 0 Å². The van der Waals surface area contributed by atoms with Gasteiger partial charge in [0.15, 0.2) is 0 Å². The fourth-order valence-electron chi connectivity index (χ4n) is 0. The molecule has 0 saturated heterocycles. The molecular weight excluding hydrogens is 120 g/mol. The van der Waals surface area contributed by atoms with Crippen LogP contribution in [-0.2, 0) is 0 Å². The van der Waals surface area contributed by atoms with Gasteiger partial charge in [-0.05, 0) is 0 Å². The summed E-state index contributed by atoms with van der Waals surface area (Å²) in [4.78, 5) is 0. The Bertz CT molecular complexity index is 60.0. The molecule has 0 unspecified atom stereocenters. The van der Waals surface area contributed by atoms with Gasteiger partial charge in [0.05, 0.1) is 6.07 Å². The van der Waals surface area contributed by atoms with Crippen LogP contribution in [0.25, 0.3) is 0 Å². The van der Waals surface area contributed by atoms with Gasteiger partial charge in [0.2, 0.25) is 0 Å². The molecule has 0 aliphatic heterocycles. The number of nitriles is 1. The van der Waals surface area contributed by atoms with Crippen LogP contribution in [0.1, 0.15) is 6.92 Å². The first-order valence-corrected chi connectivity index (χ1v) is 1.50. The molecule has 0 fully saturated rings. The number of hydrogen-bond donors (Lipinski definition) is 3. The molecule has 6 heteroatoms. The van der Waals surface area contributed by atoms with E-state index in [-0.39, 0.29) is 29.6 Å². The van der Waals surface area contributed by atoms with Crippen LogP contribution in [0.3, 0.4) is 0 Å². The summed E-state index contributed by atoms with van der Waals surface area (Å²) < 4.78 is 0. The number of rotatable bonds is 0. The SMILES string of the molecule is CC#N.OB(O)O.[NaH]. The van der Waals surface area contributed by atoms with E-state index in [2.05, 4.69) is 0 Å². The van der Waals surface area contributed by atoms with Crippen molar-refractivity contribution in [3.05, 3.63) is 0 Å². The molecule has 0 aliphatic carbocycles. The Morgan fingerprint density at radius 1 is 1.38 bits per heavy atom. The molecule has 0 amide bonds. The molecule has 0 rings (SSSR count). The van der Waals surface area contributed by atoms with Crippen LogP contribution in [-0.4, -0.2) is 52.0 Å². The van der Waals surface area contributed by atoms with Crippen LogP contribution in [0, 0.1) is 11.3 Å². The average Bonchev–Trinajstić information content (AvgIpc) is 1.33. The Kier molecular flexibility index (Phi) is 30.9. The summed E-state index contributed by atoms with van der Waals surface area (Å²) >= 11 is 0. The van der Waals surface area contributed by atoms with E-state index >= 15 is 0 Å². The van der Waals surface area contributed by atoms with E-state index in [0.717, 1.165) is 0 Å². The molecule has 0 bridgehead atoms. The zero-order chi connectivity index (χ0) is 6.28. The molecule has 8 heavy (non-hydrogen) atoms. The van der Waals surface area contributed by atoms with E-state index < -0.39 is 7.32 Å². The minimum atomic E-state index is -2.17. The normalized spacial score (nSPS) is 4.38. The predicted molar refractivity (Wildman–Crippen MR) is 30.8 cm³/mol. The third-order valence-corrected chi connectivity index (χ3v) is 0. The first-order chi connectivity index (χ1) is 3.15. The minimum absolute atomic E-state index is 0. The number of hydrogen-bond acceptors (Lipinski definition) is 4. The van der Waals surface area contributed by atoms with Crippen molar-refractivity contribution < 1.29 is 15.1 Å². The molecule has 0 aromatic rings. The first-order valence-electron chi connectivity index (χ1n) is 1.50. The van der Waals surface area contributed by atoms with Crippen molar-refractivity contribution in [1.29, 1.82) is 5.26 Å². The Balaban J connectivity index is -0.0000000575. The molecule has 0 saturated carbocycles. The fourth-order valence-corrected chi connectivity index (χ4v) is 0. The fraction of sp³-hybridized carbons (Fsp3) is 0.500. The van der Waals surface area contributed by atoms with Gasteiger partial charge >= 0.3 is 36.9 Å². The second-order valence-corrected chi connectivity index (χ2v) is 0.570. The summed E-state index contributed by atoms with van der Waals surface area (Å²) in [5.41, 5.74) is 0. The summed E-state index contributed by atoms with van der Waals surface area (Å²) in [6, 6.07) is 1.75. The molecule has 0 aromatic heterocycles. The van der Waals surface area contributed by atoms with Crippen molar-refractivity contribution in [2.24, 2.45) is 0 Å². The van der Waals surface area contributed by atoms with Gasteiger partial charge in [-0.2, -0.15) is 5.26 Å². The van der Waals surface area contributed by atoms with E-state index in [1.54, 1.807) is 6.07 Å². The van der Waals surface area contributed by atoms with Crippen molar-refractivity contribution in [3.8, 4) is 6.07 Å². The van der Waals surface area contributed by atoms with Gasteiger partial charge in [-0.15, -0.1) is 0 Å². The van der Waals surface area contributed by atoms with E-state index in [1.807, 2.05) is 0 Å². The molecule has 42 valence electrons. The zero-order valence-corrected chi connectivity index (χ0v) is 3.87. The van der Waals surface area contributed by atoms with Gasteiger partial charge in [-0.3, -0.25) is 0 Å². The quantitative estimate of drug-likeness (QED) is 0.323. The standard InChI is InChI=1S/C2H3N.BH3O3.Na.H/c1-2-3;2-1(3)4;;/h1H3;2-4H;;. The van der Waals surface area contributed by atoms with Crippen LogP contribution in [0.4, 0.5) is 0 Å². The Hall–Kier alpha value is 0.435. The molecule has 0 aliphatic rings. The van der Waals surface area contributed by atoms with Crippen LogP contribution in [0.2, 0.25) is 0 Å². The summed E-state index contributed by atoms with van der Waals surface area (Å²) in [7, 11) is -2.17. The van der Waals surface area contributed by atoms with Crippen LogP contribution >= 0.6 is 0 Å². The third-order valence-electron chi connectivity index (χ3n) is 0. The van der Waals surface area contributed by atoms with E-state index in [4.69, 9.17) is 20.3 Å². The van der Waals surface area contributed by atoms with Gasteiger partial charge < -0.3 is 15.1 Å². The summed E-state index contributed by atoms with van der Waals surface area (Å²) in [5, 5.41) is 28.8. The van der Waals surface area contributed by atoms with Crippen molar-refractivity contribution >= 4 is 36.9 Å². The molecule has 0 aromatic carbocycles. The summed E-state index contributed by atoms with van der Waals surface area (Å²) in [5.74, 6) is 0. The van der Waals surface area contributed by atoms with E-state index in [1.165, 1.54) is 6.92 Å². The molecule has 3 N–H and O–H groups in total. The molecule has 0 spiro atoms. The molecule has 4 nitrogen and oxygen atoms in total. The van der Waals surface area contributed by atoms with Crippen LogP contribution in [0.15, 0.2) is 0 Å². The summed E-state index contributed by atoms with van der Waals surface area (Å²) in [6.45, 7) is 1.43. The zero-order valence-electron chi connectivity index (χ0n) is 3.87. The van der Waals surface area contributed by atoms with E-state index in [9.17, 15) is 0 Å². The monoisotopic (exact) mass is 127 g/mol. The maximum absolute atomic E-state index is 7.32. The molecule has 0 atom stereocenters. The van der Waals surface area contributed by atoms with Gasteiger partial charge in [-0.25, -0.2) is 0 Å². The molecule has 0 radical (unpaired) electrons. The van der Waals surface area contributed by atoms with Crippen molar-refractivity contribution in [1.82, 2.24) is 0 Å². The summed E-state index contributed by atoms with van der Waals surface area (Å²) in [6.07, 6.45) is 0. The van der Waals surface area contributed by atoms with Gasteiger partial charge in [0.25, 0.3) is 0 Å². The predicted octanol–water partition coefficient (Wildman–Crippen LogP) is -2.17. The maximum atomic E-state index is 7.32. The van der Waals surface area contributed by atoms with Crippen LogP contribution < -0.4 is 0 Å². The number of nitrogens with zero attached hydrogens (tertiary/aromatic N) is 1. The molecular formula is C2H7BNNaO3. The van der Waals surface area contributed by atoms with Crippen molar-refractivity contribution in [2.75, 3.05) is 0 Å². The van der Waals surface area contributed by atoms with Crippen molar-refractivity contribution in [2.45, 2.75) is 6.92 Å². The topological polar surface area (TPSA) is 84.5 Å². The van der Waals surface area contributed by atoms with Gasteiger partial charge in [0.1, 0.15) is 0 Å².